The van der Waals surface area contributed by atoms with Gasteiger partial charge in [-0.05, 0) is 43.3 Å². The van der Waals surface area contributed by atoms with Crippen molar-refractivity contribution in [1.29, 1.82) is 0 Å². The molecule has 2 heterocycles. The first-order valence-corrected chi connectivity index (χ1v) is 8.61. The quantitative estimate of drug-likeness (QED) is 0.732. The molecule has 1 aliphatic heterocycles. The van der Waals surface area contributed by atoms with Crippen LogP contribution in [0.4, 0.5) is 5.69 Å². The number of amides is 1. The van der Waals surface area contributed by atoms with Crippen molar-refractivity contribution in [2.24, 2.45) is 0 Å². The molecule has 0 radical (unpaired) electrons. The van der Waals surface area contributed by atoms with Gasteiger partial charge in [0, 0.05) is 31.1 Å². The molecule has 25 heavy (non-hydrogen) atoms. The van der Waals surface area contributed by atoms with E-state index in [0.29, 0.717) is 13.0 Å². The van der Waals surface area contributed by atoms with Gasteiger partial charge in [-0.1, -0.05) is 12.1 Å². The Hall–Kier alpha value is -2.82. The van der Waals surface area contributed by atoms with Crippen molar-refractivity contribution in [1.82, 2.24) is 9.55 Å². The van der Waals surface area contributed by atoms with Gasteiger partial charge in [0.05, 0.1) is 18.1 Å². The highest BCUT2D eigenvalue weighted by atomic mass is 16.5. The summed E-state index contributed by atoms with van der Waals surface area (Å²) in [7, 11) is 1.64. The summed E-state index contributed by atoms with van der Waals surface area (Å²) in [6, 6.07) is 15.8. The highest BCUT2D eigenvalue weighted by molar-refractivity contribution is 5.96. The van der Waals surface area contributed by atoms with Gasteiger partial charge < -0.3 is 14.2 Å². The maximum Gasteiger partial charge on any atom is 0.227 e. The molecule has 0 N–H and O–H groups in total. The Kier molecular flexibility index (Phi) is 3.92. The first-order valence-electron chi connectivity index (χ1n) is 8.61. The summed E-state index contributed by atoms with van der Waals surface area (Å²) in [5.41, 5.74) is 3.04. The predicted octanol–water partition coefficient (Wildman–Crippen LogP) is 3.59. The topological polar surface area (TPSA) is 47.4 Å². The van der Waals surface area contributed by atoms with Crippen LogP contribution in [0.2, 0.25) is 0 Å². The molecule has 0 aliphatic carbocycles. The number of anilines is 1. The molecule has 1 aliphatic rings. The molecule has 5 nitrogen and oxygen atoms in total. The van der Waals surface area contributed by atoms with Crippen LogP contribution < -0.4 is 9.64 Å². The van der Waals surface area contributed by atoms with Crippen molar-refractivity contribution in [3.63, 3.8) is 0 Å². The normalized spacial score (nSPS) is 17.4. The van der Waals surface area contributed by atoms with Crippen LogP contribution in [-0.4, -0.2) is 29.1 Å². The fourth-order valence-electron chi connectivity index (χ4n) is 3.63. The molecule has 1 amide bonds. The first kappa shape index (κ1) is 15.7. The van der Waals surface area contributed by atoms with Crippen molar-refractivity contribution < 1.29 is 9.53 Å². The van der Waals surface area contributed by atoms with Crippen LogP contribution in [0.1, 0.15) is 25.1 Å². The Balaban J connectivity index is 1.66. The average molecular weight is 335 g/mol. The molecule has 0 bridgehead atoms. The number of benzene rings is 2. The van der Waals surface area contributed by atoms with Crippen molar-refractivity contribution in [3.8, 4) is 5.75 Å². The lowest BCUT2D eigenvalue weighted by molar-refractivity contribution is -0.117. The fraction of sp³-hybridized carbons (Fsp3) is 0.300. The number of hydrogen-bond donors (Lipinski definition) is 0. The van der Waals surface area contributed by atoms with Crippen LogP contribution in [0.15, 0.2) is 48.5 Å². The van der Waals surface area contributed by atoms with E-state index in [2.05, 4.69) is 17.6 Å². The van der Waals surface area contributed by atoms with Gasteiger partial charge in [0.1, 0.15) is 11.6 Å². The zero-order chi connectivity index (χ0) is 17.4. The Morgan fingerprint density at radius 3 is 2.64 bits per heavy atom. The van der Waals surface area contributed by atoms with Gasteiger partial charge in [-0.3, -0.25) is 4.79 Å². The fourth-order valence-corrected chi connectivity index (χ4v) is 3.63. The number of rotatable bonds is 4. The molecule has 5 heteroatoms. The van der Waals surface area contributed by atoms with Gasteiger partial charge >= 0.3 is 0 Å². The molecule has 0 spiro atoms. The van der Waals surface area contributed by atoms with Gasteiger partial charge in [0.25, 0.3) is 0 Å². The standard InChI is InChI=1S/C20H21N3O2/c1-3-22-18-7-5-4-6-17(18)21-20(22)14-12-19(24)23(13-14)15-8-10-16(25-2)11-9-15/h4-11,14H,3,12-13H2,1-2H3. The van der Waals surface area contributed by atoms with Gasteiger partial charge in [-0.25, -0.2) is 4.98 Å². The van der Waals surface area contributed by atoms with Crippen LogP contribution in [-0.2, 0) is 11.3 Å². The largest absolute Gasteiger partial charge is 0.497 e. The van der Waals surface area contributed by atoms with Crippen molar-refractivity contribution in [3.05, 3.63) is 54.4 Å². The lowest BCUT2D eigenvalue weighted by Crippen LogP contribution is -2.24. The molecular weight excluding hydrogens is 314 g/mol. The van der Waals surface area contributed by atoms with Crippen molar-refractivity contribution >= 4 is 22.6 Å². The molecule has 128 valence electrons. The molecule has 1 fully saturated rings. The van der Waals surface area contributed by atoms with Crippen molar-refractivity contribution in [2.45, 2.75) is 25.8 Å². The summed E-state index contributed by atoms with van der Waals surface area (Å²) < 4.78 is 7.42. The molecule has 1 atom stereocenters. The minimum Gasteiger partial charge on any atom is -0.497 e. The molecular formula is C20H21N3O2. The smallest absolute Gasteiger partial charge is 0.227 e. The van der Waals surface area contributed by atoms with Crippen LogP contribution in [0, 0.1) is 0 Å². The molecule has 1 saturated heterocycles. The number of fused-ring (bicyclic) bond motifs is 1. The molecule has 1 aromatic heterocycles. The molecule has 0 saturated carbocycles. The third kappa shape index (κ3) is 2.65. The van der Waals surface area contributed by atoms with Crippen LogP contribution in [0.5, 0.6) is 5.75 Å². The molecule has 3 aromatic rings. The second kappa shape index (κ2) is 6.24. The highest BCUT2D eigenvalue weighted by Gasteiger charge is 2.34. The molecule has 1 unspecified atom stereocenters. The Bertz CT molecular complexity index is 914. The maximum atomic E-state index is 12.6. The van der Waals surface area contributed by atoms with Crippen molar-refractivity contribution in [2.75, 3.05) is 18.6 Å². The van der Waals surface area contributed by atoms with E-state index in [0.717, 1.165) is 34.8 Å². The van der Waals surface area contributed by atoms with Gasteiger partial charge in [-0.15, -0.1) is 0 Å². The predicted molar refractivity (Wildman–Crippen MR) is 98.1 cm³/mol. The minimum atomic E-state index is 0.113. The number of methoxy groups -OCH3 is 1. The second-order valence-corrected chi connectivity index (χ2v) is 6.31. The van der Waals surface area contributed by atoms with Gasteiger partial charge in [0.2, 0.25) is 5.91 Å². The summed E-state index contributed by atoms with van der Waals surface area (Å²) in [5.74, 6) is 2.06. The van der Waals surface area contributed by atoms with Crippen LogP contribution in [0.3, 0.4) is 0 Å². The maximum absolute atomic E-state index is 12.6. The second-order valence-electron chi connectivity index (χ2n) is 6.31. The minimum absolute atomic E-state index is 0.113. The van der Waals surface area contributed by atoms with E-state index in [1.54, 1.807) is 7.11 Å². The van der Waals surface area contributed by atoms with E-state index in [4.69, 9.17) is 9.72 Å². The van der Waals surface area contributed by atoms with E-state index in [-0.39, 0.29) is 11.8 Å². The number of aromatic nitrogens is 2. The molecule has 2 aromatic carbocycles. The number of para-hydroxylation sites is 2. The van der Waals surface area contributed by atoms with E-state index in [1.807, 2.05) is 47.4 Å². The van der Waals surface area contributed by atoms with E-state index < -0.39 is 0 Å². The average Bonchev–Trinajstić information content (AvgIpc) is 3.22. The van der Waals surface area contributed by atoms with Gasteiger partial charge in [-0.2, -0.15) is 0 Å². The zero-order valence-corrected chi connectivity index (χ0v) is 14.5. The third-order valence-corrected chi connectivity index (χ3v) is 4.87. The summed E-state index contributed by atoms with van der Waals surface area (Å²) in [6.45, 7) is 3.63. The Labute approximate surface area is 146 Å². The number of imidazole rings is 1. The number of ether oxygens (including phenoxy) is 1. The Morgan fingerprint density at radius 2 is 1.92 bits per heavy atom. The number of carbonyl (C=O) groups is 1. The van der Waals surface area contributed by atoms with Crippen LogP contribution >= 0.6 is 0 Å². The highest BCUT2D eigenvalue weighted by Crippen LogP contribution is 2.33. The summed E-state index contributed by atoms with van der Waals surface area (Å²) in [4.78, 5) is 19.3. The van der Waals surface area contributed by atoms with E-state index in [1.165, 1.54) is 0 Å². The van der Waals surface area contributed by atoms with Crippen LogP contribution in [0.25, 0.3) is 11.0 Å². The number of carbonyl (C=O) groups excluding carboxylic acids is 1. The zero-order valence-electron chi connectivity index (χ0n) is 14.5. The monoisotopic (exact) mass is 335 g/mol. The number of nitrogens with zero attached hydrogens (tertiary/aromatic N) is 3. The SMILES string of the molecule is CCn1c(C2CC(=O)N(c3ccc(OC)cc3)C2)nc2ccccc21. The van der Waals surface area contributed by atoms with Gasteiger partial charge in [0.15, 0.2) is 0 Å². The van der Waals surface area contributed by atoms with E-state index >= 15 is 0 Å². The van der Waals surface area contributed by atoms with E-state index in [9.17, 15) is 4.79 Å². The molecule has 4 rings (SSSR count). The first-order chi connectivity index (χ1) is 12.2. The Morgan fingerprint density at radius 1 is 1.16 bits per heavy atom. The number of aryl methyl sites for hydroxylation is 1. The summed E-state index contributed by atoms with van der Waals surface area (Å²) in [6.07, 6.45) is 0.495. The third-order valence-electron chi connectivity index (χ3n) is 4.87. The summed E-state index contributed by atoms with van der Waals surface area (Å²) in [5, 5.41) is 0. The lowest BCUT2D eigenvalue weighted by Gasteiger charge is -2.17. The number of hydrogen-bond acceptors (Lipinski definition) is 3. The lowest BCUT2D eigenvalue weighted by atomic mass is 10.1. The summed E-state index contributed by atoms with van der Waals surface area (Å²) >= 11 is 0.